The Balaban J connectivity index is 2.49. The molecule has 0 saturated carbocycles. The first-order valence-corrected chi connectivity index (χ1v) is 5.70. The van der Waals surface area contributed by atoms with Gasteiger partial charge in [-0.3, -0.25) is 4.79 Å². The van der Waals surface area contributed by atoms with Gasteiger partial charge in [-0.05, 0) is 12.1 Å². The van der Waals surface area contributed by atoms with Crippen LogP contribution in [0.3, 0.4) is 0 Å². The number of rotatable bonds is 6. The van der Waals surface area contributed by atoms with Crippen LogP contribution in [0.5, 0.6) is 5.75 Å². The van der Waals surface area contributed by atoms with Gasteiger partial charge in [-0.2, -0.15) is 13.2 Å². The summed E-state index contributed by atoms with van der Waals surface area (Å²) in [7, 11) is 0. The van der Waals surface area contributed by atoms with Crippen molar-refractivity contribution < 1.29 is 22.7 Å². The van der Waals surface area contributed by atoms with Gasteiger partial charge in [-0.1, -0.05) is 6.07 Å². The summed E-state index contributed by atoms with van der Waals surface area (Å²) >= 11 is 0. The van der Waals surface area contributed by atoms with Crippen molar-refractivity contribution in [2.45, 2.75) is 19.0 Å². The summed E-state index contributed by atoms with van der Waals surface area (Å²) in [6.45, 7) is 0.674. The topological polar surface area (TPSA) is 64.3 Å². The number of halogens is 3. The number of hydrogen-bond acceptors (Lipinski definition) is 3. The Hall–Kier alpha value is -1.76. The average molecular weight is 276 g/mol. The first-order chi connectivity index (χ1) is 8.90. The smallest absolute Gasteiger partial charge is 0.389 e. The van der Waals surface area contributed by atoms with E-state index in [0.717, 1.165) is 0 Å². The number of ether oxygens (including phenoxy) is 1. The minimum atomic E-state index is -4.33. The quantitative estimate of drug-likeness (QED) is 0.838. The van der Waals surface area contributed by atoms with E-state index in [-0.39, 0.29) is 0 Å². The molecule has 7 heteroatoms. The van der Waals surface area contributed by atoms with Crippen LogP contribution in [0.1, 0.15) is 12.8 Å². The molecule has 1 aromatic carbocycles. The van der Waals surface area contributed by atoms with Gasteiger partial charge in [0, 0.05) is 24.7 Å². The molecule has 1 aromatic rings. The number of anilines is 1. The Morgan fingerprint density at radius 1 is 1.37 bits per heavy atom. The maximum Gasteiger partial charge on any atom is 0.389 e. The number of nitrogens with two attached hydrogens (primary N) is 1. The van der Waals surface area contributed by atoms with E-state index in [4.69, 9.17) is 10.5 Å². The van der Waals surface area contributed by atoms with Crippen LogP contribution in [-0.4, -0.2) is 25.2 Å². The van der Waals surface area contributed by atoms with Crippen LogP contribution in [0.4, 0.5) is 18.9 Å². The van der Waals surface area contributed by atoms with Gasteiger partial charge in [0.05, 0.1) is 6.42 Å². The monoisotopic (exact) mass is 276 g/mol. The Morgan fingerprint density at radius 2 is 2.11 bits per heavy atom. The predicted molar refractivity (Wildman–Crippen MR) is 64.9 cm³/mol. The molecular weight excluding hydrogens is 261 g/mol. The minimum absolute atomic E-state index is 0.325. The zero-order valence-electron chi connectivity index (χ0n) is 10.2. The molecule has 0 heterocycles. The van der Waals surface area contributed by atoms with Crippen LogP contribution in [-0.2, 0) is 4.79 Å². The van der Waals surface area contributed by atoms with Crippen molar-refractivity contribution in [2.24, 2.45) is 5.73 Å². The first-order valence-electron chi connectivity index (χ1n) is 5.70. The number of alkyl halides is 3. The van der Waals surface area contributed by atoms with Crippen molar-refractivity contribution >= 4 is 11.6 Å². The molecule has 1 amide bonds. The standard InChI is InChI=1S/C12H15F3N2O2/c13-12(14,15)5-4-11(18)17-9-2-1-3-10(8-9)19-7-6-16/h1-3,8H,4-7,16H2,(H,17,18). The van der Waals surface area contributed by atoms with Crippen LogP contribution >= 0.6 is 0 Å². The molecular formula is C12H15F3N2O2. The number of benzene rings is 1. The highest BCUT2D eigenvalue weighted by atomic mass is 19.4. The van der Waals surface area contributed by atoms with Gasteiger partial charge in [0.1, 0.15) is 12.4 Å². The van der Waals surface area contributed by atoms with Crippen molar-refractivity contribution in [3.05, 3.63) is 24.3 Å². The molecule has 0 aliphatic heterocycles. The summed E-state index contributed by atoms with van der Waals surface area (Å²) in [6, 6.07) is 6.40. The van der Waals surface area contributed by atoms with E-state index in [1.165, 1.54) is 6.07 Å². The van der Waals surface area contributed by atoms with Crippen molar-refractivity contribution in [1.82, 2.24) is 0 Å². The second-order valence-corrected chi connectivity index (χ2v) is 3.83. The fraction of sp³-hybridized carbons (Fsp3) is 0.417. The molecule has 4 nitrogen and oxygen atoms in total. The van der Waals surface area contributed by atoms with Gasteiger partial charge in [-0.25, -0.2) is 0 Å². The zero-order chi connectivity index (χ0) is 14.3. The molecule has 0 radical (unpaired) electrons. The Bertz CT molecular complexity index is 422. The second kappa shape index (κ2) is 6.98. The molecule has 0 aliphatic carbocycles. The highest BCUT2D eigenvalue weighted by Crippen LogP contribution is 2.22. The summed E-state index contributed by atoms with van der Waals surface area (Å²) in [4.78, 5) is 11.3. The lowest BCUT2D eigenvalue weighted by molar-refractivity contribution is -0.142. The lowest BCUT2D eigenvalue weighted by Gasteiger charge is -2.09. The maximum absolute atomic E-state index is 11.9. The molecule has 0 saturated heterocycles. The first kappa shape index (κ1) is 15.3. The van der Waals surface area contributed by atoms with Crippen LogP contribution in [0.15, 0.2) is 24.3 Å². The van der Waals surface area contributed by atoms with Crippen molar-refractivity contribution in [3.63, 3.8) is 0 Å². The number of hydrogen-bond donors (Lipinski definition) is 2. The second-order valence-electron chi connectivity index (χ2n) is 3.83. The van der Waals surface area contributed by atoms with E-state index in [2.05, 4.69) is 5.32 Å². The van der Waals surface area contributed by atoms with E-state index in [0.29, 0.717) is 24.6 Å². The van der Waals surface area contributed by atoms with E-state index in [9.17, 15) is 18.0 Å². The van der Waals surface area contributed by atoms with Crippen LogP contribution in [0.25, 0.3) is 0 Å². The van der Waals surface area contributed by atoms with Crippen LogP contribution in [0.2, 0.25) is 0 Å². The zero-order valence-corrected chi connectivity index (χ0v) is 10.2. The number of amides is 1. The lowest BCUT2D eigenvalue weighted by atomic mass is 10.2. The normalized spacial score (nSPS) is 11.2. The van der Waals surface area contributed by atoms with E-state index >= 15 is 0 Å². The number of carbonyl (C=O) groups is 1. The fourth-order valence-corrected chi connectivity index (χ4v) is 1.32. The summed E-state index contributed by atoms with van der Waals surface area (Å²) in [5, 5.41) is 2.38. The highest BCUT2D eigenvalue weighted by molar-refractivity contribution is 5.90. The predicted octanol–water partition coefficient (Wildman–Crippen LogP) is 2.31. The minimum Gasteiger partial charge on any atom is -0.492 e. The molecule has 0 aliphatic rings. The molecule has 1 rings (SSSR count). The van der Waals surface area contributed by atoms with Crippen LogP contribution < -0.4 is 15.8 Å². The fourth-order valence-electron chi connectivity index (χ4n) is 1.32. The average Bonchev–Trinajstić information content (AvgIpc) is 2.33. The molecule has 0 unspecified atom stereocenters. The Morgan fingerprint density at radius 3 is 2.74 bits per heavy atom. The summed E-state index contributed by atoms with van der Waals surface area (Å²) in [6.07, 6.45) is -6.07. The van der Waals surface area contributed by atoms with Gasteiger partial charge >= 0.3 is 6.18 Å². The third-order valence-electron chi connectivity index (χ3n) is 2.14. The third kappa shape index (κ3) is 6.66. The lowest BCUT2D eigenvalue weighted by Crippen LogP contribution is -2.16. The van der Waals surface area contributed by atoms with Gasteiger partial charge in [0.2, 0.25) is 5.91 Å². The van der Waals surface area contributed by atoms with Crippen molar-refractivity contribution in [1.29, 1.82) is 0 Å². The summed E-state index contributed by atoms with van der Waals surface area (Å²) < 4.78 is 41.1. The van der Waals surface area contributed by atoms with E-state index in [1.54, 1.807) is 18.2 Å². The summed E-state index contributed by atoms with van der Waals surface area (Å²) in [5.74, 6) is -0.188. The molecule has 19 heavy (non-hydrogen) atoms. The van der Waals surface area contributed by atoms with Gasteiger partial charge < -0.3 is 15.8 Å². The molecule has 0 spiro atoms. The SMILES string of the molecule is NCCOc1cccc(NC(=O)CCC(F)(F)F)c1. The maximum atomic E-state index is 11.9. The van der Waals surface area contributed by atoms with Crippen LogP contribution in [0, 0.1) is 0 Å². The van der Waals surface area contributed by atoms with Crippen molar-refractivity contribution in [3.8, 4) is 5.75 Å². The number of nitrogens with one attached hydrogen (secondary N) is 1. The molecule has 0 fully saturated rings. The van der Waals surface area contributed by atoms with Gasteiger partial charge in [0.25, 0.3) is 0 Å². The third-order valence-corrected chi connectivity index (χ3v) is 2.14. The van der Waals surface area contributed by atoms with E-state index < -0.39 is 24.9 Å². The number of carbonyl (C=O) groups excluding carboxylic acids is 1. The summed E-state index contributed by atoms with van der Waals surface area (Å²) in [5.41, 5.74) is 5.66. The Kier molecular flexibility index (Phi) is 5.62. The molecule has 0 atom stereocenters. The molecule has 0 bridgehead atoms. The highest BCUT2D eigenvalue weighted by Gasteiger charge is 2.27. The largest absolute Gasteiger partial charge is 0.492 e. The Labute approximate surface area is 108 Å². The molecule has 0 aromatic heterocycles. The molecule has 106 valence electrons. The van der Waals surface area contributed by atoms with Gasteiger partial charge in [-0.15, -0.1) is 0 Å². The molecule has 3 N–H and O–H groups in total. The van der Waals surface area contributed by atoms with Gasteiger partial charge in [0.15, 0.2) is 0 Å². The van der Waals surface area contributed by atoms with E-state index in [1.807, 2.05) is 0 Å². The van der Waals surface area contributed by atoms with Crippen molar-refractivity contribution in [2.75, 3.05) is 18.5 Å².